The molecule has 0 saturated carbocycles. The summed E-state index contributed by atoms with van der Waals surface area (Å²) in [6.07, 6.45) is 1.74. The van der Waals surface area contributed by atoms with Crippen molar-refractivity contribution in [1.82, 2.24) is 20.1 Å². The minimum absolute atomic E-state index is 0.125. The lowest BCUT2D eigenvalue weighted by atomic mass is 10.1. The molecule has 0 saturated heterocycles. The first-order valence-electron chi connectivity index (χ1n) is 10.3. The molecule has 0 bridgehead atoms. The Morgan fingerprint density at radius 3 is 2.47 bits per heavy atom. The zero-order valence-corrected chi connectivity index (χ0v) is 19.3. The molecule has 0 aliphatic rings. The van der Waals surface area contributed by atoms with Gasteiger partial charge < -0.3 is 15.2 Å². The lowest BCUT2D eigenvalue weighted by Crippen LogP contribution is -2.29. The van der Waals surface area contributed by atoms with Gasteiger partial charge in [-0.25, -0.2) is 0 Å². The van der Waals surface area contributed by atoms with E-state index < -0.39 is 0 Å². The summed E-state index contributed by atoms with van der Waals surface area (Å²) in [6, 6.07) is 14.7. The summed E-state index contributed by atoms with van der Waals surface area (Å²) >= 11 is 1.29. The van der Waals surface area contributed by atoms with Crippen LogP contribution in [0, 0.1) is 13.8 Å². The highest BCUT2D eigenvalue weighted by Gasteiger charge is 2.21. The van der Waals surface area contributed by atoms with E-state index in [0.29, 0.717) is 23.1 Å². The summed E-state index contributed by atoms with van der Waals surface area (Å²) < 4.78 is 1.86. The Bertz CT molecular complexity index is 1130. The highest BCUT2D eigenvalue weighted by atomic mass is 32.2. The molecule has 0 radical (unpaired) electrons. The Balaban J connectivity index is 1.68. The lowest BCUT2D eigenvalue weighted by Gasteiger charge is -2.16. The quantitative estimate of drug-likeness (QED) is 0.376. The zero-order valence-electron chi connectivity index (χ0n) is 18.5. The number of carbonyl (C=O) groups is 2. The van der Waals surface area contributed by atoms with Crippen LogP contribution in [0.2, 0.25) is 0 Å². The molecule has 2 amide bonds. The van der Waals surface area contributed by atoms with Gasteiger partial charge in [-0.15, -0.1) is 16.8 Å². The lowest BCUT2D eigenvalue weighted by molar-refractivity contribution is -0.113. The van der Waals surface area contributed by atoms with E-state index >= 15 is 0 Å². The molecule has 8 heteroatoms. The first-order valence-corrected chi connectivity index (χ1v) is 11.3. The Labute approximate surface area is 192 Å². The van der Waals surface area contributed by atoms with Gasteiger partial charge in [-0.2, -0.15) is 0 Å². The van der Waals surface area contributed by atoms with Gasteiger partial charge in [0, 0.05) is 17.8 Å². The molecular formula is C24H27N5O2S. The number of hydrogen-bond acceptors (Lipinski definition) is 5. The van der Waals surface area contributed by atoms with Crippen molar-refractivity contribution in [2.24, 2.45) is 0 Å². The third kappa shape index (κ3) is 5.64. The van der Waals surface area contributed by atoms with E-state index in [0.717, 1.165) is 16.8 Å². The number of aryl methyl sites for hydroxylation is 2. The van der Waals surface area contributed by atoms with E-state index in [1.807, 2.05) is 67.8 Å². The molecule has 0 fully saturated rings. The Hall–Kier alpha value is -3.39. The number of hydrogen-bond donors (Lipinski definition) is 2. The van der Waals surface area contributed by atoms with Crippen LogP contribution in [-0.4, -0.2) is 32.3 Å². The maximum Gasteiger partial charge on any atom is 0.252 e. The molecule has 0 unspecified atom stereocenters. The number of para-hydroxylation sites is 1. The minimum atomic E-state index is -0.371. The fourth-order valence-corrected chi connectivity index (χ4v) is 3.98. The predicted molar refractivity (Wildman–Crippen MR) is 128 cm³/mol. The second-order valence-corrected chi connectivity index (χ2v) is 8.34. The summed E-state index contributed by atoms with van der Waals surface area (Å²) in [6.45, 7) is 9.98. The molecule has 0 spiro atoms. The molecule has 1 heterocycles. The number of nitrogens with one attached hydrogen (secondary N) is 2. The highest BCUT2D eigenvalue weighted by molar-refractivity contribution is 7.99. The van der Waals surface area contributed by atoms with Gasteiger partial charge in [0.15, 0.2) is 11.0 Å². The number of rotatable bonds is 9. The highest BCUT2D eigenvalue weighted by Crippen LogP contribution is 2.22. The van der Waals surface area contributed by atoms with Gasteiger partial charge in [-0.1, -0.05) is 54.2 Å². The van der Waals surface area contributed by atoms with E-state index in [-0.39, 0.29) is 23.6 Å². The molecule has 0 aliphatic carbocycles. The molecule has 2 aromatic carbocycles. The normalized spacial score (nSPS) is 11.6. The number of nitrogens with zero attached hydrogens (tertiary/aromatic N) is 3. The van der Waals surface area contributed by atoms with Crippen LogP contribution in [-0.2, 0) is 11.3 Å². The second-order valence-electron chi connectivity index (χ2n) is 7.40. The molecule has 1 atom stereocenters. The van der Waals surface area contributed by atoms with E-state index in [1.165, 1.54) is 11.8 Å². The van der Waals surface area contributed by atoms with Gasteiger partial charge in [0.05, 0.1) is 11.8 Å². The average molecular weight is 450 g/mol. The molecule has 7 nitrogen and oxygen atoms in total. The molecule has 0 aliphatic heterocycles. The largest absolute Gasteiger partial charge is 0.342 e. The molecule has 3 rings (SSSR count). The molecule has 32 heavy (non-hydrogen) atoms. The zero-order chi connectivity index (χ0) is 23.1. The van der Waals surface area contributed by atoms with Crippen LogP contribution in [0.25, 0.3) is 0 Å². The topological polar surface area (TPSA) is 88.9 Å². The van der Waals surface area contributed by atoms with Crippen molar-refractivity contribution in [3.63, 3.8) is 0 Å². The summed E-state index contributed by atoms with van der Waals surface area (Å²) in [5, 5.41) is 15.0. The number of amides is 2. The fourth-order valence-electron chi connectivity index (χ4n) is 3.22. The van der Waals surface area contributed by atoms with Crippen LogP contribution in [0.4, 0.5) is 5.69 Å². The van der Waals surface area contributed by atoms with Crippen LogP contribution < -0.4 is 10.6 Å². The van der Waals surface area contributed by atoms with E-state index in [9.17, 15) is 9.59 Å². The van der Waals surface area contributed by atoms with Crippen molar-refractivity contribution in [1.29, 1.82) is 0 Å². The predicted octanol–water partition coefficient (Wildman–Crippen LogP) is 4.30. The molecule has 3 aromatic rings. The van der Waals surface area contributed by atoms with Crippen LogP contribution in [0.15, 0.2) is 66.3 Å². The van der Waals surface area contributed by atoms with Crippen LogP contribution in [0.5, 0.6) is 0 Å². The van der Waals surface area contributed by atoms with Crippen LogP contribution in [0.1, 0.15) is 40.3 Å². The third-order valence-corrected chi connectivity index (χ3v) is 5.90. The summed E-state index contributed by atoms with van der Waals surface area (Å²) in [4.78, 5) is 25.1. The SMILES string of the molecule is C=CCn1c(SCC(=O)Nc2ccccc2C)nnc1[C@@H](C)NC(=O)c1ccccc1C. The molecule has 166 valence electrons. The second kappa shape index (κ2) is 10.8. The van der Waals surface area contributed by atoms with Gasteiger partial charge in [0.2, 0.25) is 5.91 Å². The Kier molecular flexibility index (Phi) is 7.83. The molecule has 1 aromatic heterocycles. The van der Waals surface area contributed by atoms with Gasteiger partial charge in [0.1, 0.15) is 0 Å². The number of thioether (sulfide) groups is 1. The number of allylic oxidation sites excluding steroid dienone is 1. The van der Waals surface area contributed by atoms with Crippen molar-refractivity contribution in [3.05, 3.63) is 83.7 Å². The monoisotopic (exact) mass is 449 g/mol. The standard InChI is InChI=1S/C24H27N5O2S/c1-5-14-29-22(18(4)25-23(31)19-12-8-6-10-16(19)2)27-28-24(29)32-15-21(30)26-20-13-9-7-11-17(20)3/h5-13,18H,1,14-15H2,2-4H3,(H,25,31)(H,26,30)/t18-/m1/s1. The summed E-state index contributed by atoms with van der Waals surface area (Å²) in [7, 11) is 0. The van der Waals surface area contributed by atoms with Crippen molar-refractivity contribution in [2.45, 2.75) is 38.5 Å². The van der Waals surface area contributed by atoms with Crippen molar-refractivity contribution in [3.8, 4) is 0 Å². The smallest absolute Gasteiger partial charge is 0.252 e. The Morgan fingerprint density at radius 2 is 1.78 bits per heavy atom. The molecular weight excluding hydrogens is 422 g/mol. The van der Waals surface area contributed by atoms with Crippen LogP contribution in [0.3, 0.4) is 0 Å². The van der Waals surface area contributed by atoms with Gasteiger partial charge in [-0.3, -0.25) is 9.59 Å². The van der Waals surface area contributed by atoms with E-state index in [2.05, 4.69) is 27.4 Å². The van der Waals surface area contributed by atoms with Crippen molar-refractivity contribution in [2.75, 3.05) is 11.1 Å². The first-order chi connectivity index (χ1) is 15.4. The Morgan fingerprint density at radius 1 is 1.09 bits per heavy atom. The maximum absolute atomic E-state index is 12.7. The summed E-state index contributed by atoms with van der Waals surface area (Å²) in [5.74, 6) is 0.497. The van der Waals surface area contributed by atoms with Gasteiger partial charge in [0.25, 0.3) is 5.91 Å². The van der Waals surface area contributed by atoms with Crippen molar-refractivity contribution < 1.29 is 9.59 Å². The summed E-state index contributed by atoms with van der Waals surface area (Å²) in [5.41, 5.74) is 3.32. The first kappa shape index (κ1) is 23.3. The van der Waals surface area contributed by atoms with Gasteiger partial charge >= 0.3 is 0 Å². The molecule has 2 N–H and O–H groups in total. The minimum Gasteiger partial charge on any atom is -0.342 e. The number of aromatic nitrogens is 3. The van der Waals surface area contributed by atoms with Crippen LogP contribution >= 0.6 is 11.8 Å². The van der Waals surface area contributed by atoms with Crippen molar-refractivity contribution >= 4 is 29.3 Å². The number of benzene rings is 2. The third-order valence-electron chi connectivity index (χ3n) is 4.93. The van der Waals surface area contributed by atoms with E-state index in [1.54, 1.807) is 12.1 Å². The fraction of sp³-hybridized carbons (Fsp3) is 0.250. The average Bonchev–Trinajstić information content (AvgIpc) is 3.17. The number of anilines is 1. The maximum atomic E-state index is 12.7. The number of carbonyl (C=O) groups excluding carboxylic acids is 2. The van der Waals surface area contributed by atoms with Gasteiger partial charge in [-0.05, 0) is 44.0 Å². The van der Waals surface area contributed by atoms with E-state index in [4.69, 9.17) is 0 Å².